The van der Waals surface area contributed by atoms with Crippen molar-refractivity contribution < 1.29 is 14.2 Å². The van der Waals surface area contributed by atoms with Crippen LogP contribution in [-0.2, 0) is 11.9 Å². The van der Waals surface area contributed by atoms with Gasteiger partial charge in [-0.3, -0.25) is 0 Å². The van der Waals surface area contributed by atoms with Gasteiger partial charge in [0.15, 0.2) is 11.5 Å². The minimum atomic E-state index is 0.498. The average Bonchev–Trinajstić information content (AvgIpc) is 2.54. The molecule has 21 heavy (non-hydrogen) atoms. The molecule has 0 saturated carbocycles. The smallest absolute Gasteiger partial charge is 0.161 e. The highest BCUT2D eigenvalue weighted by Gasteiger charge is 2.06. The van der Waals surface area contributed by atoms with Crippen LogP contribution >= 0.6 is 15.9 Å². The highest BCUT2D eigenvalue weighted by molar-refractivity contribution is 9.08. The molecule has 0 saturated heterocycles. The number of halogens is 1. The van der Waals surface area contributed by atoms with Crippen LogP contribution in [0.5, 0.6) is 17.2 Å². The summed E-state index contributed by atoms with van der Waals surface area (Å²) in [6.07, 6.45) is 0. The molecule has 0 unspecified atom stereocenters. The van der Waals surface area contributed by atoms with E-state index in [0.717, 1.165) is 33.7 Å². The highest BCUT2D eigenvalue weighted by atomic mass is 79.9. The third kappa shape index (κ3) is 4.39. The van der Waals surface area contributed by atoms with Crippen molar-refractivity contribution in [2.75, 3.05) is 13.7 Å². The molecule has 0 amide bonds. The second kappa shape index (κ2) is 7.93. The zero-order valence-electron chi connectivity index (χ0n) is 12.3. The third-order valence-corrected chi connectivity index (χ3v) is 3.66. The van der Waals surface area contributed by atoms with E-state index in [-0.39, 0.29) is 0 Å². The van der Waals surface area contributed by atoms with Gasteiger partial charge in [0, 0.05) is 5.33 Å². The van der Waals surface area contributed by atoms with Gasteiger partial charge in [-0.15, -0.1) is 0 Å². The fourth-order valence-electron chi connectivity index (χ4n) is 1.91. The fourth-order valence-corrected chi connectivity index (χ4v) is 2.25. The van der Waals surface area contributed by atoms with Gasteiger partial charge >= 0.3 is 0 Å². The summed E-state index contributed by atoms with van der Waals surface area (Å²) in [4.78, 5) is 0. The highest BCUT2D eigenvalue weighted by Crippen LogP contribution is 2.30. The van der Waals surface area contributed by atoms with E-state index >= 15 is 0 Å². The molecule has 2 rings (SSSR count). The summed E-state index contributed by atoms with van der Waals surface area (Å²) in [5, 5.41) is 0.797. The van der Waals surface area contributed by atoms with Gasteiger partial charge < -0.3 is 14.2 Å². The molecule has 2 aromatic carbocycles. The molecular formula is C17H19BrO3. The van der Waals surface area contributed by atoms with Crippen LogP contribution in [0.2, 0.25) is 0 Å². The van der Waals surface area contributed by atoms with Gasteiger partial charge in [0.2, 0.25) is 0 Å². The van der Waals surface area contributed by atoms with Gasteiger partial charge in [-0.25, -0.2) is 0 Å². The van der Waals surface area contributed by atoms with Crippen molar-refractivity contribution in [3.63, 3.8) is 0 Å². The Morgan fingerprint density at radius 1 is 0.905 bits per heavy atom. The molecule has 3 nitrogen and oxygen atoms in total. The SMILES string of the molecule is CCOc1cc(CBr)ccc1OCc1ccc(OC)cc1. The van der Waals surface area contributed by atoms with Crippen LogP contribution < -0.4 is 14.2 Å². The molecule has 0 aliphatic heterocycles. The molecule has 112 valence electrons. The largest absolute Gasteiger partial charge is 0.497 e. The Morgan fingerprint density at radius 3 is 2.24 bits per heavy atom. The van der Waals surface area contributed by atoms with Crippen molar-refractivity contribution in [3.05, 3.63) is 53.6 Å². The van der Waals surface area contributed by atoms with E-state index in [1.165, 1.54) is 0 Å². The summed E-state index contributed by atoms with van der Waals surface area (Å²) in [6, 6.07) is 13.8. The van der Waals surface area contributed by atoms with E-state index in [9.17, 15) is 0 Å². The van der Waals surface area contributed by atoms with E-state index in [0.29, 0.717) is 13.2 Å². The number of benzene rings is 2. The van der Waals surface area contributed by atoms with Crippen LogP contribution in [0.4, 0.5) is 0 Å². The second-order valence-electron chi connectivity index (χ2n) is 4.48. The summed E-state index contributed by atoms with van der Waals surface area (Å²) in [6.45, 7) is 3.08. The standard InChI is InChI=1S/C17H19BrO3/c1-3-20-17-10-14(11-18)6-9-16(17)21-12-13-4-7-15(19-2)8-5-13/h4-10H,3,11-12H2,1-2H3. The lowest BCUT2D eigenvalue weighted by Gasteiger charge is -2.13. The second-order valence-corrected chi connectivity index (χ2v) is 5.05. The predicted octanol–water partition coefficient (Wildman–Crippen LogP) is 4.57. The average molecular weight is 351 g/mol. The minimum Gasteiger partial charge on any atom is -0.497 e. The van der Waals surface area contributed by atoms with Gasteiger partial charge in [0.05, 0.1) is 13.7 Å². The first-order valence-electron chi connectivity index (χ1n) is 6.84. The quantitative estimate of drug-likeness (QED) is 0.684. The van der Waals surface area contributed by atoms with Crippen LogP contribution in [-0.4, -0.2) is 13.7 Å². The number of rotatable bonds is 7. The van der Waals surface area contributed by atoms with Gasteiger partial charge in [-0.05, 0) is 42.3 Å². The van der Waals surface area contributed by atoms with Crippen LogP contribution in [0.25, 0.3) is 0 Å². The third-order valence-electron chi connectivity index (χ3n) is 3.02. The van der Waals surface area contributed by atoms with Crippen molar-refractivity contribution in [2.24, 2.45) is 0 Å². The first kappa shape index (κ1) is 15.7. The fraction of sp³-hybridized carbons (Fsp3) is 0.294. The molecule has 2 aromatic rings. The first-order valence-corrected chi connectivity index (χ1v) is 7.96. The van der Waals surface area contributed by atoms with Crippen molar-refractivity contribution in [1.29, 1.82) is 0 Å². The number of methoxy groups -OCH3 is 1. The Bertz CT molecular complexity index is 567. The molecule has 0 aromatic heterocycles. The minimum absolute atomic E-state index is 0.498. The van der Waals surface area contributed by atoms with Crippen molar-refractivity contribution in [2.45, 2.75) is 18.9 Å². The van der Waals surface area contributed by atoms with E-state index in [1.54, 1.807) is 7.11 Å². The van der Waals surface area contributed by atoms with Gasteiger partial charge in [0.25, 0.3) is 0 Å². The van der Waals surface area contributed by atoms with Gasteiger partial charge in [-0.1, -0.05) is 34.1 Å². The summed E-state index contributed by atoms with van der Waals surface area (Å²) in [5.41, 5.74) is 2.25. The molecular weight excluding hydrogens is 332 g/mol. The normalized spacial score (nSPS) is 10.2. The summed E-state index contributed by atoms with van der Waals surface area (Å²) in [5.74, 6) is 2.38. The zero-order chi connectivity index (χ0) is 15.1. The Labute approximate surface area is 134 Å². The first-order chi connectivity index (χ1) is 10.3. The Morgan fingerprint density at radius 2 is 1.62 bits per heavy atom. The topological polar surface area (TPSA) is 27.7 Å². The molecule has 0 atom stereocenters. The molecule has 0 spiro atoms. The number of alkyl halides is 1. The van der Waals surface area contributed by atoms with E-state index < -0.39 is 0 Å². The van der Waals surface area contributed by atoms with Crippen molar-refractivity contribution in [3.8, 4) is 17.2 Å². The van der Waals surface area contributed by atoms with E-state index in [1.807, 2.05) is 49.4 Å². The molecule has 4 heteroatoms. The Kier molecular flexibility index (Phi) is 5.93. The Hall–Kier alpha value is -1.68. The number of hydrogen-bond donors (Lipinski definition) is 0. The molecule has 0 radical (unpaired) electrons. The van der Waals surface area contributed by atoms with Crippen molar-refractivity contribution in [1.82, 2.24) is 0 Å². The van der Waals surface area contributed by atoms with Crippen LogP contribution in [0.1, 0.15) is 18.1 Å². The maximum atomic E-state index is 5.87. The van der Waals surface area contributed by atoms with Gasteiger partial charge in [0.1, 0.15) is 12.4 Å². The zero-order valence-corrected chi connectivity index (χ0v) is 13.9. The van der Waals surface area contributed by atoms with E-state index in [4.69, 9.17) is 14.2 Å². The maximum absolute atomic E-state index is 5.87. The van der Waals surface area contributed by atoms with E-state index in [2.05, 4.69) is 15.9 Å². The predicted molar refractivity (Wildman–Crippen MR) is 87.6 cm³/mol. The molecule has 0 aliphatic carbocycles. The molecule has 0 bridgehead atoms. The van der Waals surface area contributed by atoms with Gasteiger partial charge in [-0.2, -0.15) is 0 Å². The van der Waals surface area contributed by atoms with Crippen LogP contribution in [0.15, 0.2) is 42.5 Å². The molecule has 0 heterocycles. The lowest BCUT2D eigenvalue weighted by Crippen LogP contribution is -2.00. The summed E-state index contributed by atoms with van der Waals surface area (Å²) < 4.78 is 16.6. The monoisotopic (exact) mass is 350 g/mol. The molecule has 0 fully saturated rings. The maximum Gasteiger partial charge on any atom is 0.161 e. The lowest BCUT2D eigenvalue weighted by molar-refractivity contribution is 0.269. The van der Waals surface area contributed by atoms with Crippen LogP contribution in [0.3, 0.4) is 0 Å². The summed E-state index contributed by atoms with van der Waals surface area (Å²) in [7, 11) is 1.66. The van der Waals surface area contributed by atoms with Crippen molar-refractivity contribution >= 4 is 15.9 Å². The number of ether oxygens (including phenoxy) is 3. The Balaban J connectivity index is 2.07. The molecule has 0 aliphatic rings. The molecule has 0 N–H and O–H groups in total. The lowest BCUT2D eigenvalue weighted by atomic mass is 10.2. The summed E-state index contributed by atoms with van der Waals surface area (Å²) >= 11 is 3.45. The van der Waals surface area contributed by atoms with Crippen LogP contribution in [0, 0.1) is 0 Å². The number of hydrogen-bond acceptors (Lipinski definition) is 3.